The lowest BCUT2D eigenvalue weighted by Gasteiger charge is -2.21. The molecular weight excluding hydrogens is 240 g/mol. The van der Waals surface area contributed by atoms with Crippen LogP contribution in [0, 0.1) is 5.92 Å². The molecule has 0 spiro atoms. The molecule has 0 aromatic rings. The molecule has 0 aliphatic heterocycles. The highest BCUT2D eigenvalue weighted by Gasteiger charge is 2.33. The number of rotatable bonds is 5. The van der Waals surface area contributed by atoms with Crippen molar-refractivity contribution >= 4 is 17.9 Å². The van der Waals surface area contributed by atoms with Crippen molar-refractivity contribution in [1.82, 2.24) is 0 Å². The number of carbonyl (C=O) groups excluding carboxylic acids is 2. The molecule has 102 valence electrons. The molecule has 0 aromatic carbocycles. The predicted octanol–water partition coefficient (Wildman–Crippen LogP) is 1.50. The first-order valence-corrected chi connectivity index (χ1v) is 5.43. The van der Waals surface area contributed by atoms with Crippen LogP contribution >= 0.6 is 0 Å². The van der Waals surface area contributed by atoms with Gasteiger partial charge in [-0.25, -0.2) is 0 Å². The normalized spacial score (nSPS) is 13.1. The van der Waals surface area contributed by atoms with Crippen LogP contribution in [0.15, 0.2) is 12.3 Å². The van der Waals surface area contributed by atoms with Gasteiger partial charge in [0, 0.05) is 0 Å². The van der Waals surface area contributed by atoms with Crippen molar-refractivity contribution in [3.8, 4) is 0 Å². The summed E-state index contributed by atoms with van der Waals surface area (Å²) in [5.41, 5.74) is -0.808. The Kier molecular flexibility index (Phi) is 6.08. The zero-order valence-corrected chi connectivity index (χ0v) is 10.9. The molecule has 1 unspecified atom stereocenters. The Morgan fingerprint density at radius 1 is 1.28 bits per heavy atom. The molecule has 0 bridgehead atoms. The van der Waals surface area contributed by atoms with Gasteiger partial charge in [-0.05, 0) is 27.7 Å². The van der Waals surface area contributed by atoms with E-state index in [0.717, 1.165) is 6.26 Å². The van der Waals surface area contributed by atoms with Crippen LogP contribution in [0.1, 0.15) is 34.1 Å². The zero-order valence-electron chi connectivity index (χ0n) is 10.9. The lowest BCUT2D eigenvalue weighted by molar-refractivity contribution is -0.169. The van der Waals surface area contributed by atoms with Crippen LogP contribution in [-0.4, -0.2) is 28.6 Å². The topological polar surface area (TPSA) is 89.9 Å². The first kappa shape index (κ1) is 16.1. The molecule has 0 saturated heterocycles. The smallest absolute Gasteiger partial charge is 0.321 e. The highest BCUT2D eigenvalue weighted by atomic mass is 16.6. The standard InChI is InChI=1S/C12H18O6/c1-5-6-17-9(13)7-8(10(14)15)11(16)18-12(2,3)4/h5-6,8H,7H2,1-4H3,(H,14,15). The molecule has 0 amide bonds. The van der Waals surface area contributed by atoms with Crippen molar-refractivity contribution in [2.24, 2.45) is 5.92 Å². The predicted molar refractivity (Wildman–Crippen MR) is 62.5 cm³/mol. The van der Waals surface area contributed by atoms with Crippen LogP contribution in [0.4, 0.5) is 0 Å². The minimum atomic E-state index is -1.55. The molecule has 0 aromatic heterocycles. The summed E-state index contributed by atoms with van der Waals surface area (Å²) in [4.78, 5) is 33.7. The minimum absolute atomic E-state index is 0.561. The van der Waals surface area contributed by atoms with E-state index in [4.69, 9.17) is 9.84 Å². The van der Waals surface area contributed by atoms with Crippen molar-refractivity contribution in [3.05, 3.63) is 12.3 Å². The minimum Gasteiger partial charge on any atom is -0.481 e. The second kappa shape index (κ2) is 6.78. The van der Waals surface area contributed by atoms with Gasteiger partial charge in [-0.3, -0.25) is 14.4 Å². The maximum Gasteiger partial charge on any atom is 0.321 e. The van der Waals surface area contributed by atoms with Gasteiger partial charge < -0.3 is 14.6 Å². The summed E-state index contributed by atoms with van der Waals surface area (Å²) in [6, 6.07) is 0. The molecule has 18 heavy (non-hydrogen) atoms. The Hall–Kier alpha value is -1.85. The van der Waals surface area contributed by atoms with Crippen LogP contribution in [0.5, 0.6) is 0 Å². The van der Waals surface area contributed by atoms with Gasteiger partial charge in [0.2, 0.25) is 0 Å². The molecule has 1 N–H and O–H groups in total. The summed E-state index contributed by atoms with van der Waals surface area (Å²) >= 11 is 0. The zero-order chi connectivity index (χ0) is 14.3. The van der Waals surface area contributed by atoms with Crippen LogP contribution in [-0.2, 0) is 23.9 Å². The largest absolute Gasteiger partial charge is 0.481 e. The van der Waals surface area contributed by atoms with E-state index >= 15 is 0 Å². The Morgan fingerprint density at radius 3 is 2.22 bits per heavy atom. The van der Waals surface area contributed by atoms with Crippen molar-refractivity contribution in [3.63, 3.8) is 0 Å². The van der Waals surface area contributed by atoms with E-state index in [-0.39, 0.29) is 0 Å². The van der Waals surface area contributed by atoms with Gasteiger partial charge in [0.1, 0.15) is 5.60 Å². The van der Waals surface area contributed by atoms with E-state index in [1.807, 2.05) is 0 Å². The van der Waals surface area contributed by atoms with E-state index in [9.17, 15) is 14.4 Å². The molecule has 6 nitrogen and oxygen atoms in total. The van der Waals surface area contributed by atoms with Crippen LogP contribution in [0.2, 0.25) is 0 Å². The average molecular weight is 258 g/mol. The maximum absolute atomic E-state index is 11.6. The molecule has 0 heterocycles. The maximum atomic E-state index is 11.6. The second-order valence-electron chi connectivity index (χ2n) is 4.59. The Bertz CT molecular complexity index is 350. The number of hydrogen-bond acceptors (Lipinski definition) is 5. The van der Waals surface area contributed by atoms with E-state index in [0.29, 0.717) is 0 Å². The third-order valence-electron chi connectivity index (χ3n) is 1.70. The van der Waals surface area contributed by atoms with Crippen molar-refractivity contribution < 1.29 is 29.0 Å². The highest BCUT2D eigenvalue weighted by Crippen LogP contribution is 2.14. The summed E-state index contributed by atoms with van der Waals surface area (Å²) < 4.78 is 9.48. The fourth-order valence-corrected chi connectivity index (χ4v) is 1.00. The molecular formula is C12H18O6. The van der Waals surface area contributed by atoms with Crippen molar-refractivity contribution in [2.75, 3.05) is 0 Å². The highest BCUT2D eigenvalue weighted by molar-refractivity contribution is 5.97. The first-order chi connectivity index (χ1) is 8.17. The second-order valence-corrected chi connectivity index (χ2v) is 4.59. The first-order valence-electron chi connectivity index (χ1n) is 5.43. The summed E-state index contributed by atoms with van der Waals surface area (Å²) in [6.07, 6.45) is 2.03. The molecule has 0 radical (unpaired) electrons. The van der Waals surface area contributed by atoms with Gasteiger partial charge >= 0.3 is 17.9 Å². The number of esters is 2. The monoisotopic (exact) mass is 258 g/mol. The molecule has 1 atom stereocenters. The quantitative estimate of drug-likeness (QED) is 0.456. The number of carboxylic acids is 1. The molecule has 0 rings (SSSR count). The van der Waals surface area contributed by atoms with E-state index < -0.39 is 35.8 Å². The van der Waals surface area contributed by atoms with E-state index in [2.05, 4.69) is 4.74 Å². The van der Waals surface area contributed by atoms with Crippen molar-refractivity contribution in [1.29, 1.82) is 0 Å². The van der Waals surface area contributed by atoms with Crippen molar-refractivity contribution in [2.45, 2.75) is 39.7 Å². The molecule has 0 fully saturated rings. The number of hydrogen-bond donors (Lipinski definition) is 1. The lowest BCUT2D eigenvalue weighted by Crippen LogP contribution is -2.34. The average Bonchev–Trinajstić information content (AvgIpc) is 2.19. The Balaban J connectivity index is 4.62. The van der Waals surface area contributed by atoms with Gasteiger partial charge in [-0.2, -0.15) is 0 Å². The van der Waals surface area contributed by atoms with E-state index in [1.54, 1.807) is 27.7 Å². The van der Waals surface area contributed by atoms with Gasteiger partial charge in [-0.15, -0.1) is 0 Å². The SMILES string of the molecule is CC=COC(=O)CC(C(=O)O)C(=O)OC(C)(C)C. The molecule has 0 saturated carbocycles. The van der Waals surface area contributed by atoms with Gasteiger partial charge in [0.25, 0.3) is 0 Å². The van der Waals surface area contributed by atoms with Crippen LogP contribution < -0.4 is 0 Å². The number of carboxylic acid groups (broad SMARTS) is 1. The van der Waals surface area contributed by atoms with Gasteiger partial charge in [0.15, 0.2) is 5.92 Å². The fraction of sp³-hybridized carbons (Fsp3) is 0.583. The lowest BCUT2D eigenvalue weighted by atomic mass is 10.1. The van der Waals surface area contributed by atoms with Gasteiger partial charge in [0.05, 0.1) is 12.7 Å². The van der Waals surface area contributed by atoms with Crippen LogP contribution in [0.25, 0.3) is 0 Å². The third-order valence-corrected chi connectivity index (χ3v) is 1.70. The third kappa shape index (κ3) is 6.67. The molecule has 0 aliphatic rings. The summed E-state index contributed by atoms with van der Waals surface area (Å²) in [5.74, 6) is -4.72. The Morgan fingerprint density at radius 2 is 1.83 bits per heavy atom. The fourth-order valence-electron chi connectivity index (χ4n) is 1.00. The van der Waals surface area contributed by atoms with Crippen LogP contribution in [0.3, 0.4) is 0 Å². The Labute approximate surface area is 106 Å². The van der Waals surface area contributed by atoms with Gasteiger partial charge in [-0.1, -0.05) is 6.08 Å². The van der Waals surface area contributed by atoms with E-state index in [1.165, 1.54) is 6.08 Å². The number of allylic oxidation sites excluding steroid dienone is 1. The summed E-state index contributed by atoms with van der Waals surface area (Å²) in [5, 5.41) is 8.89. The summed E-state index contributed by atoms with van der Waals surface area (Å²) in [7, 11) is 0. The number of carbonyl (C=O) groups is 3. The summed E-state index contributed by atoms with van der Waals surface area (Å²) in [6.45, 7) is 6.47. The number of ether oxygens (including phenoxy) is 2. The molecule has 6 heteroatoms. The molecule has 0 aliphatic carbocycles. The number of aliphatic carboxylic acids is 1.